The second-order valence-electron chi connectivity index (χ2n) is 10.1. The molecule has 0 spiro atoms. The summed E-state index contributed by atoms with van der Waals surface area (Å²) >= 11 is 0. The number of hydrogen-bond donors (Lipinski definition) is 2. The molecule has 0 bridgehead atoms. The molecule has 1 fully saturated rings. The van der Waals surface area contributed by atoms with Crippen LogP contribution in [0, 0.1) is 6.92 Å². The largest absolute Gasteiger partial charge is 0.415 e. The number of fused-ring (bicyclic) bond motifs is 2. The van der Waals surface area contributed by atoms with Crippen molar-refractivity contribution in [1.82, 2.24) is 25.0 Å². The van der Waals surface area contributed by atoms with Crippen LogP contribution < -0.4 is 10.1 Å². The molecule has 2 aliphatic heterocycles. The highest BCUT2D eigenvalue weighted by Gasteiger charge is 2.48. The molecule has 4 heterocycles. The number of urea groups is 1. The number of likely N-dealkylation sites (tertiary alicyclic amines) is 1. The standard InChI is InChI=1S/C29H30N6O3/c1-3-29(22-14-19(2)26-21(15-22)17-31-33-26)16-23(34-18-20-6-4-5-7-25(20)32-27(34)36)10-13-35(29)28(37)38-24-8-11-30-12-9-24/h4-9,11-12,14-15,17,23H,3,10,13,16,18H2,1-2H3,(H,31,33)(H,32,36). The molecule has 0 aliphatic carbocycles. The first-order valence-corrected chi connectivity index (χ1v) is 13.0. The van der Waals surface area contributed by atoms with Gasteiger partial charge in [0, 0.05) is 42.6 Å². The lowest BCUT2D eigenvalue weighted by Gasteiger charge is -2.51. The van der Waals surface area contributed by atoms with Crippen LogP contribution >= 0.6 is 0 Å². The summed E-state index contributed by atoms with van der Waals surface area (Å²) in [4.78, 5) is 34.7. The molecule has 2 unspecified atom stereocenters. The van der Waals surface area contributed by atoms with Crippen LogP contribution in [0.3, 0.4) is 0 Å². The summed E-state index contributed by atoms with van der Waals surface area (Å²) in [7, 11) is 0. The molecule has 0 radical (unpaired) electrons. The molecule has 2 aromatic heterocycles. The van der Waals surface area contributed by atoms with Gasteiger partial charge in [-0.05, 0) is 67.1 Å². The number of rotatable bonds is 4. The lowest BCUT2D eigenvalue weighted by atomic mass is 9.75. The van der Waals surface area contributed by atoms with E-state index >= 15 is 0 Å². The summed E-state index contributed by atoms with van der Waals surface area (Å²) in [6.45, 7) is 5.13. The summed E-state index contributed by atoms with van der Waals surface area (Å²) < 4.78 is 5.82. The zero-order valence-corrected chi connectivity index (χ0v) is 21.5. The first-order valence-electron chi connectivity index (χ1n) is 13.0. The molecule has 6 rings (SSSR count). The number of nitrogens with one attached hydrogen (secondary N) is 2. The molecule has 2 atom stereocenters. The summed E-state index contributed by atoms with van der Waals surface area (Å²) in [6.07, 6.45) is 6.50. The van der Waals surface area contributed by atoms with E-state index in [0.717, 1.165) is 33.3 Å². The predicted octanol–water partition coefficient (Wildman–Crippen LogP) is 5.58. The number of nitrogens with zero attached hydrogens (tertiary/aromatic N) is 4. The van der Waals surface area contributed by atoms with E-state index in [4.69, 9.17) is 4.74 Å². The zero-order chi connectivity index (χ0) is 26.3. The lowest BCUT2D eigenvalue weighted by Crippen LogP contribution is -2.60. The maximum absolute atomic E-state index is 13.7. The van der Waals surface area contributed by atoms with Crippen LogP contribution in [0.25, 0.3) is 10.9 Å². The summed E-state index contributed by atoms with van der Waals surface area (Å²) in [6, 6.07) is 15.3. The number of H-pyrrole nitrogens is 1. The third-order valence-corrected chi connectivity index (χ3v) is 8.02. The fourth-order valence-corrected chi connectivity index (χ4v) is 6.02. The topological polar surface area (TPSA) is 103 Å². The van der Waals surface area contributed by atoms with Gasteiger partial charge in [0.05, 0.1) is 17.3 Å². The van der Waals surface area contributed by atoms with E-state index in [1.807, 2.05) is 47.2 Å². The molecule has 4 aromatic rings. The minimum absolute atomic E-state index is 0.0614. The predicted molar refractivity (Wildman–Crippen MR) is 144 cm³/mol. The first-order chi connectivity index (χ1) is 18.5. The molecular weight excluding hydrogens is 480 g/mol. The molecular formula is C29H30N6O3. The van der Waals surface area contributed by atoms with Gasteiger partial charge >= 0.3 is 12.1 Å². The molecule has 2 N–H and O–H groups in total. The van der Waals surface area contributed by atoms with Gasteiger partial charge in [0.15, 0.2) is 0 Å². The van der Waals surface area contributed by atoms with Gasteiger partial charge in [-0.15, -0.1) is 0 Å². The van der Waals surface area contributed by atoms with Crippen molar-refractivity contribution in [3.63, 3.8) is 0 Å². The molecule has 194 valence electrons. The Balaban J connectivity index is 1.39. The summed E-state index contributed by atoms with van der Waals surface area (Å²) in [5.74, 6) is 0.450. The van der Waals surface area contributed by atoms with Crippen LogP contribution in [-0.2, 0) is 12.1 Å². The molecule has 9 nitrogen and oxygen atoms in total. The maximum Gasteiger partial charge on any atom is 0.415 e. The molecule has 3 amide bonds. The van der Waals surface area contributed by atoms with Crippen LogP contribution in [-0.4, -0.2) is 49.7 Å². The van der Waals surface area contributed by atoms with Gasteiger partial charge in [-0.3, -0.25) is 15.0 Å². The fourth-order valence-electron chi connectivity index (χ4n) is 6.02. The van der Waals surface area contributed by atoms with E-state index in [-0.39, 0.29) is 12.1 Å². The highest BCUT2D eigenvalue weighted by atomic mass is 16.6. The monoisotopic (exact) mass is 510 g/mol. The average molecular weight is 511 g/mol. The Kier molecular flexibility index (Phi) is 5.98. The number of hydrogen-bond acceptors (Lipinski definition) is 5. The van der Waals surface area contributed by atoms with Crippen molar-refractivity contribution in [3.05, 3.63) is 83.8 Å². The van der Waals surface area contributed by atoms with Crippen LogP contribution in [0.5, 0.6) is 5.75 Å². The number of benzene rings is 2. The van der Waals surface area contributed by atoms with E-state index in [0.29, 0.717) is 38.1 Å². The quantitative estimate of drug-likeness (QED) is 0.373. The zero-order valence-electron chi connectivity index (χ0n) is 21.5. The van der Waals surface area contributed by atoms with Crippen LogP contribution in [0.4, 0.5) is 15.3 Å². The first kappa shape index (κ1) is 24.0. The number of carbonyl (C=O) groups excluding carboxylic acids is 2. The minimum atomic E-state index is -0.680. The number of aromatic nitrogens is 3. The second kappa shape index (κ2) is 9.48. The fraction of sp³-hybridized carbons (Fsp3) is 0.310. The minimum Gasteiger partial charge on any atom is -0.410 e. The van der Waals surface area contributed by atoms with Crippen molar-refractivity contribution in [2.75, 3.05) is 11.9 Å². The number of aryl methyl sites for hydroxylation is 1. The van der Waals surface area contributed by atoms with Gasteiger partial charge in [0.1, 0.15) is 5.75 Å². The third-order valence-electron chi connectivity index (χ3n) is 8.02. The van der Waals surface area contributed by atoms with E-state index in [1.54, 1.807) is 24.5 Å². The van der Waals surface area contributed by atoms with Gasteiger partial charge in [-0.2, -0.15) is 5.10 Å². The van der Waals surface area contributed by atoms with Crippen molar-refractivity contribution in [2.24, 2.45) is 0 Å². The maximum atomic E-state index is 13.7. The number of amides is 3. The van der Waals surface area contributed by atoms with E-state index in [2.05, 4.69) is 39.6 Å². The lowest BCUT2D eigenvalue weighted by molar-refractivity contribution is 0.0112. The normalized spacial score (nSPS) is 21.2. The highest BCUT2D eigenvalue weighted by molar-refractivity contribution is 5.92. The number of ether oxygens (including phenoxy) is 1. The van der Waals surface area contributed by atoms with E-state index in [1.165, 1.54) is 0 Å². The summed E-state index contributed by atoms with van der Waals surface area (Å²) in [5, 5.41) is 11.3. The smallest absolute Gasteiger partial charge is 0.410 e. The van der Waals surface area contributed by atoms with E-state index in [9.17, 15) is 9.59 Å². The molecule has 2 aliphatic rings. The van der Waals surface area contributed by atoms with Crippen molar-refractivity contribution >= 4 is 28.7 Å². The Morgan fingerprint density at radius 2 is 2.00 bits per heavy atom. The van der Waals surface area contributed by atoms with Gasteiger partial charge in [-0.1, -0.05) is 31.2 Å². The third kappa shape index (κ3) is 4.04. The Labute approximate surface area is 220 Å². The van der Waals surface area contributed by atoms with Crippen molar-refractivity contribution in [1.29, 1.82) is 0 Å². The number of pyridine rings is 1. The number of para-hydroxylation sites is 1. The molecule has 1 saturated heterocycles. The molecule has 2 aromatic carbocycles. The molecule has 38 heavy (non-hydrogen) atoms. The van der Waals surface area contributed by atoms with Crippen molar-refractivity contribution in [3.8, 4) is 5.75 Å². The molecule has 0 saturated carbocycles. The van der Waals surface area contributed by atoms with Crippen LogP contribution in [0.15, 0.2) is 67.1 Å². The van der Waals surface area contributed by atoms with Crippen LogP contribution in [0.1, 0.15) is 42.9 Å². The van der Waals surface area contributed by atoms with Crippen molar-refractivity contribution in [2.45, 2.75) is 51.2 Å². The van der Waals surface area contributed by atoms with Gasteiger partial charge in [-0.25, -0.2) is 9.59 Å². The Morgan fingerprint density at radius 3 is 2.82 bits per heavy atom. The Bertz CT molecular complexity index is 1500. The second-order valence-corrected chi connectivity index (χ2v) is 10.1. The number of aromatic amines is 1. The Morgan fingerprint density at radius 1 is 1.18 bits per heavy atom. The van der Waals surface area contributed by atoms with Gasteiger partial charge in [0.2, 0.25) is 0 Å². The molecule has 9 heteroatoms. The van der Waals surface area contributed by atoms with Gasteiger partial charge in [0.25, 0.3) is 0 Å². The highest BCUT2D eigenvalue weighted by Crippen LogP contribution is 2.44. The van der Waals surface area contributed by atoms with E-state index < -0.39 is 11.6 Å². The Hall–Kier alpha value is -4.40. The van der Waals surface area contributed by atoms with Gasteiger partial charge < -0.3 is 15.0 Å². The number of carbonyl (C=O) groups is 2. The number of piperidine rings is 1. The van der Waals surface area contributed by atoms with Crippen LogP contribution in [0.2, 0.25) is 0 Å². The van der Waals surface area contributed by atoms with Crippen molar-refractivity contribution < 1.29 is 14.3 Å². The number of anilines is 1. The average Bonchev–Trinajstić information content (AvgIpc) is 3.42. The SMILES string of the molecule is CCC1(c2cc(C)c3[nH]ncc3c2)CC(N2Cc3ccccc3NC2=O)CCN1C(=O)Oc1ccncc1. The summed E-state index contributed by atoms with van der Waals surface area (Å²) in [5.41, 5.74) is 4.31.